The molecule has 0 aliphatic heterocycles. The normalized spacial score (nSPS) is 15.5. The molecule has 134 valence electrons. The second-order valence-corrected chi connectivity index (χ2v) is 7.11. The van der Waals surface area contributed by atoms with Crippen LogP contribution in [0.1, 0.15) is 43.2 Å². The minimum absolute atomic E-state index is 0.0110. The number of benzene rings is 1. The van der Waals surface area contributed by atoms with Crippen LogP contribution in [-0.4, -0.2) is 33.2 Å². The van der Waals surface area contributed by atoms with E-state index in [1.54, 1.807) is 4.68 Å². The Kier molecular flexibility index (Phi) is 5.87. The van der Waals surface area contributed by atoms with Gasteiger partial charge in [-0.2, -0.15) is 5.10 Å². The van der Waals surface area contributed by atoms with Crippen molar-refractivity contribution in [3.05, 3.63) is 47.7 Å². The van der Waals surface area contributed by atoms with E-state index in [0.29, 0.717) is 18.4 Å². The molecule has 1 aliphatic carbocycles. The van der Waals surface area contributed by atoms with Gasteiger partial charge in [-0.25, -0.2) is 0 Å². The Hall–Kier alpha value is -2.14. The third-order valence-electron chi connectivity index (χ3n) is 4.89. The predicted molar refractivity (Wildman–Crippen MR) is 100 cm³/mol. The molecular formula is C20H28N4O. The van der Waals surface area contributed by atoms with Crippen LogP contribution in [-0.2, 0) is 18.4 Å². The lowest BCUT2D eigenvalue weighted by Gasteiger charge is -2.34. The smallest absolute Gasteiger partial charge is 0.239 e. The molecule has 1 aromatic heterocycles. The minimum atomic E-state index is 0.0110. The summed E-state index contributed by atoms with van der Waals surface area (Å²) >= 11 is 0. The molecule has 25 heavy (non-hydrogen) atoms. The van der Waals surface area contributed by atoms with Gasteiger partial charge in [0.05, 0.1) is 6.54 Å². The monoisotopic (exact) mass is 340 g/mol. The molecule has 2 aromatic rings. The molecule has 5 heteroatoms. The first-order chi connectivity index (χ1) is 12.1. The van der Waals surface area contributed by atoms with E-state index in [1.165, 1.54) is 43.2 Å². The van der Waals surface area contributed by atoms with Crippen LogP contribution in [0, 0.1) is 6.92 Å². The highest BCUT2D eigenvalue weighted by molar-refractivity contribution is 5.91. The Morgan fingerprint density at radius 3 is 2.76 bits per heavy atom. The number of carbonyl (C=O) groups is 1. The summed E-state index contributed by atoms with van der Waals surface area (Å²) in [7, 11) is 1.85. The molecule has 0 spiro atoms. The Balaban J connectivity index is 1.67. The highest BCUT2D eigenvalue weighted by Crippen LogP contribution is 2.24. The Bertz CT molecular complexity index is 703. The summed E-state index contributed by atoms with van der Waals surface area (Å²) in [5, 5.41) is 7.15. The van der Waals surface area contributed by atoms with Gasteiger partial charge in [0, 0.05) is 31.9 Å². The van der Waals surface area contributed by atoms with E-state index >= 15 is 0 Å². The zero-order valence-electron chi connectivity index (χ0n) is 15.2. The fourth-order valence-electron chi connectivity index (χ4n) is 3.65. The fraction of sp³-hybridized carbons (Fsp3) is 0.500. The van der Waals surface area contributed by atoms with Gasteiger partial charge in [-0.05, 0) is 25.3 Å². The molecule has 1 aromatic carbocycles. The van der Waals surface area contributed by atoms with Crippen molar-refractivity contribution in [2.45, 2.75) is 51.6 Å². The molecule has 1 amide bonds. The lowest BCUT2D eigenvalue weighted by Crippen LogP contribution is -2.41. The van der Waals surface area contributed by atoms with E-state index in [-0.39, 0.29) is 5.91 Å². The molecule has 3 rings (SSSR count). The number of aryl methyl sites for hydroxylation is 2. The number of hydrogen-bond donors (Lipinski definition) is 1. The molecule has 1 fully saturated rings. The van der Waals surface area contributed by atoms with Crippen molar-refractivity contribution in [3.63, 3.8) is 0 Å². The molecular weight excluding hydrogens is 312 g/mol. The van der Waals surface area contributed by atoms with Crippen LogP contribution in [0.15, 0.2) is 36.5 Å². The second kappa shape index (κ2) is 8.30. The topological polar surface area (TPSA) is 50.2 Å². The molecule has 0 bridgehead atoms. The van der Waals surface area contributed by atoms with Crippen LogP contribution in [0.2, 0.25) is 0 Å². The van der Waals surface area contributed by atoms with Crippen molar-refractivity contribution in [2.24, 2.45) is 7.05 Å². The largest absolute Gasteiger partial charge is 0.308 e. The van der Waals surface area contributed by atoms with Gasteiger partial charge in [0.2, 0.25) is 5.91 Å². The van der Waals surface area contributed by atoms with Gasteiger partial charge in [-0.1, -0.05) is 49.1 Å². The number of nitrogens with zero attached hydrogens (tertiary/aromatic N) is 3. The first-order valence-electron chi connectivity index (χ1n) is 9.19. The van der Waals surface area contributed by atoms with Gasteiger partial charge >= 0.3 is 0 Å². The zero-order chi connectivity index (χ0) is 17.6. The van der Waals surface area contributed by atoms with E-state index < -0.39 is 0 Å². The zero-order valence-corrected chi connectivity index (χ0v) is 15.2. The molecule has 0 atom stereocenters. The van der Waals surface area contributed by atoms with Crippen LogP contribution in [0.3, 0.4) is 0 Å². The molecule has 1 N–H and O–H groups in total. The number of hydrogen-bond acceptors (Lipinski definition) is 3. The fourth-order valence-corrected chi connectivity index (χ4v) is 3.65. The molecule has 0 saturated heterocycles. The second-order valence-electron chi connectivity index (χ2n) is 7.11. The summed E-state index contributed by atoms with van der Waals surface area (Å²) < 4.78 is 1.70. The molecule has 0 radical (unpaired) electrons. The van der Waals surface area contributed by atoms with Crippen molar-refractivity contribution in [1.29, 1.82) is 0 Å². The van der Waals surface area contributed by atoms with Gasteiger partial charge in [0.15, 0.2) is 5.82 Å². The van der Waals surface area contributed by atoms with Crippen molar-refractivity contribution >= 4 is 11.7 Å². The van der Waals surface area contributed by atoms with Gasteiger partial charge in [0.1, 0.15) is 0 Å². The van der Waals surface area contributed by atoms with E-state index in [2.05, 4.69) is 46.5 Å². The van der Waals surface area contributed by atoms with Crippen molar-refractivity contribution in [3.8, 4) is 0 Å². The average molecular weight is 340 g/mol. The van der Waals surface area contributed by atoms with E-state index in [1.807, 2.05) is 19.3 Å². The summed E-state index contributed by atoms with van der Waals surface area (Å²) in [6, 6.07) is 10.9. The molecule has 0 unspecified atom stereocenters. The molecule has 1 saturated carbocycles. The number of anilines is 1. The number of nitrogens with one attached hydrogen (secondary N) is 1. The summed E-state index contributed by atoms with van der Waals surface area (Å²) in [5.41, 5.74) is 2.54. The van der Waals surface area contributed by atoms with Crippen LogP contribution < -0.4 is 5.32 Å². The maximum Gasteiger partial charge on any atom is 0.239 e. The molecule has 1 heterocycles. The van der Waals surface area contributed by atoms with Crippen molar-refractivity contribution in [1.82, 2.24) is 14.7 Å². The first-order valence-corrected chi connectivity index (χ1v) is 9.19. The van der Waals surface area contributed by atoms with E-state index in [0.717, 1.165) is 6.54 Å². The summed E-state index contributed by atoms with van der Waals surface area (Å²) in [5.74, 6) is 0.628. The SMILES string of the molecule is Cc1cccc(CN(CC(=O)Nc2ccn(C)n2)C2CCCCC2)c1. The lowest BCUT2D eigenvalue weighted by atomic mass is 9.93. The van der Waals surface area contributed by atoms with Gasteiger partial charge < -0.3 is 5.32 Å². The number of carbonyl (C=O) groups excluding carboxylic acids is 1. The maximum atomic E-state index is 12.5. The van der Waals surface area contributed by atoms with Crippen molar-refractivity contribution in [2.75, 3.05) is 11.9 Å². The number of aromatic nitrogens is 2. The quantitative estimate of drug-likeness (QED) is 0.875. The van der Waals surface area contributed by atoms with E-state index in [4.69, 9.17) is 0 Å². The number of amides is 1. The standard InChI is InChI=1S/C20H28N4O/c1-16-7-6-8-17(13-16)14-24(18-9-4-3-5-10-18)15-20(25)21-19-11-12-23(2)22-19/h6-8,11-13,18H,3-5,9-10,14-15H2,1-2H3,(H,21,22,25). The Labute approximate surface area is 150 Å². The number of rotatable bonds is 6. The first kappa shape index (κ1) is 17.7. The Morgan fingerprint density at radius 1 is 1.28 bits per heavy atom. The van der Waals surface area contributed by atoms with Crippen LogP contribution in [0.4, 0.5) is 5.82 Å². The Morgan fingerprint density at radius 2 is 2.08 bits per heavy atom. The highest BCUT2D eigenvalue weighted by Gasteiger charge is 2.23. The van der Waals surface area contributed by atoms with E-state index in [9.17, 15) is 4.79 Å². The third kappa shape index (κ3) is 5.16. The predicted octanol–water partition coefficient (Wildman–Crippen LogP) is 3.50. The van der Waals surface area contributed by atoms with Crippen LogP contribution in [0.25, 0.3) is 0 Å². The lowest BCUT2D eigenvalue weighted by molar-refractivity contribution is -0.118. The summed E-state index contributed by atoms with van der Waals surface area (Å²) in [6.07, 6.45) is 8.04. The summed E-state index contributed by atoms with van der Waals surface area (Å²) in [4.78, 5) is 14.9. The van der Waals surface area contributed by atoms with Gasteiger partial charge in [-0.15, -0.1) is 0 Å². The highest BCUT2D eigenvalue weighted by atomic mass is 16.2. The molecule has 1 aliphatic rings. The van der Waals surface area contributed by atoms with Gasteiger partial charge in [0.25, 0.3) is 0 Å². The maximum absolute atomic E-state index is 12.5. The average Bonchev–Trinajstić information content (AvgIpc) is 3.00. The summed E-state index contributed by atoms with van der Waals surface area (Å²) in [6.45, 7) is 3.35. The molecule has 5 nitrogen and oxygen atoms in total. The van der Waals surface area contributed by atoms with Crippen LogP contribution in [0.5, 0.6) is 0 Å². The third-order valence-corrected chi connectivity index (χ3v) is 4.89. The van der Waals surface area contributed by atoms with Gasteiger partial charge in [-0.3, -0.25) is 14.4 Å². The van der Waals surface area contributed by atoms with Crippen LogP contribution >= 0.6 is 0 Å². The minimum Gasteiger partial charge on any atom is -0.308 e. The van der Waals surface area contributed by atoms with Crippen molar-refractivity contribution < 1.29 is 4.79 Å².